The minimum Gasteiger partial charge on any atom is -0.345 e. The summed E-state index contributed by atoms with van der Waals surface area (Å²) in [5.41, 5.74) is 4.48. The van der Waals surface area contributed by atoms with E-state index in [-0.39, 0.29) is 11.9 Å². The number of sulfonamides is 1. The van der Waals surface area contributed by atoms with Crippen LogP contribution in [-0.4, -0.2) is 27.6 Å². The maximum Gasteiger partial charge on any atom is 0.251 e. The van der Waals surface area contributed by atoms with Gasteiger partial charge in [-0.2, -0.15) is 0 Å². The third-order valence-electron chi connectivity index (χ3n) is 4.50. The van der Waals surface area contributed by atoms with Gasteiger partial charge in [0.25, 0.3) is 5.91 Å². The standard InChI is InChI=1S/C20H26N2O3S/c1-6-19(18-12-7-14(2)13-15(18)3)21-20(23)16-8-10-17(11-9-16)22(4)26(5,24)25/h7-13,19H,6H2,1-5H3,(H,21,23)/t19-/m1/s1. The van der Waals surface area contributed by atoms with Gasteiger partial charge in [-0.3, -0.25) is 9.10 Å². The van der Waals surface area contributed by atoms with Gasteiger partial charge in [0, 0.05) is 12.6 Å². The quantitative estimate of drug-likeness (QED) is 0.840. The lowest BCUT2D eigenvalue weighted by molar-refractivity contribution is 0.0935. The van der Waals surface area contributed by atoms with E-state index in [1.807, 2.05) is 26.8 Å². The number of carbonyl (C=O) groups is 1. The van der Waals surface area contributed by atoms with Crippen molar-refractivity contribution >= 4 is 21.6 Å². The van der Waals surface area contributed by atoms with Gasteiger partial charge >= 0.3 is 0 Å². The lowest BCUT2D eigenvalue weighted by Gasteiger charge is -2.20. The van der Waals surface area contributed by atoms with Crippen LogP contribution in [0.25, 0.3) is 0 Å². The molecule has 0 fully saturated rings. The molecule has 1 atom stereocenters. The Balaban J connectivity index is 2.18. The van der Waals surface area contributed by atoms with Crippen LogP contribution in [0.4, 0.5) is 5.69 Å². The molecule has 6 heteroatoms. The predicted octanol–water partition coefficient (Wildman–Crippen LogP) is 3.58. The summed E-state index contributed by atoms with van der Waals surface area (Å²) in [6.45, 7) is 6.13. The Kier molecular flexibility index (Phi) is 6.08. The van der Waals surface area contributed by atoms with E-state index in [1.54, 1.807) is 24.3 Å². The summed E-state index contributed by atoms with van der Waals surface area (Å²) >= 11 is 0. The van der Waals surface area contributed by atoms with Crippen LogP contribution in [-0.2, 0) is 10.0 Å². The minimum atomic E-state index is -3.32. The van der Waals surface area contributed by atoms with Crippen molar-refractivity contribution in [2.45, 2.75) is 33.2 Å². The van der Waals surface area contributed by atoms with Crippen molar-refractivity contribution in [3.05, 3.63) is 64.7 Å². The number of hydrogen-bond acceptors (Lipinski definition) is 3. The second-order valence-electron chi connectivity index (χ2n) is 6.57. The molecule has 0 heterocycles. The molecule has 0 aliphatic rings. The first-order valence-electron chi connectivity index (χ1n) is 8.55. The minimum absolute atomic E-state index is 0.0681. The topological polar surface area (TPSA) is 66.5 Å². The first-order valence-corrected chi connectivity index (χ1v) is 10.4. The van der Waals surface area contributed by atoms with Gasteiger partial charge in [0.15, 0.2) is 0 Å². The van der Waals surface area contributed by atoms with Crippen LogP contribution in [0, 0.1) is 13.8 Å². The number of benzene rings is 2. The smallest absolute Gasteiger partial charge is 0.251 e. The van der Waals surface area contributed by atoms with Crippen LogP contribution in [0.2, 0.25) is 0 Å². The summed E-state index contributed by atoms with van der Waals surface area (Å²) in [7, 11) is -1.84. The molecule has 1 amide bonds. The molecule has 0 saturated carbocycles. The van der Waals surface area contributed by atoms with E-state index in [0.717, 1.165) is 23.8 Å². The number of amides is 1. The van der Waals surface area contributed by atoms with Crippen molar-refractivity contribution in [1.82, 2.24) is 5.32 Å². The van der Waals surface area contributed by atoms with Crippen molar-refractivity contribution in [3.63, 3.8) is 0 Å². The van der Waals surface area contributed by atoms with Gasteiger partial charge in [0.1, 0.15) is 0 Å². The molecule has 0 aliphatic heterocycles. The molecule has 2 aromatic carbocycles. The zero-order chi connectivity index (χ0) is 19.5. The Morgan fingerprint density at radius 1 is 1.12 bits per heavy atom. The van der Waals surface area contributed by atoms with Crippen LogP contribution in [0.15, 0.2) is 42.5 Å². The van der Waals surface area contributed by atoms with Gasteiger partial charge in [-0.15, -0.1) is 0 Å². The van der Waals surface area contributed by atoms with Crippen LogP contribution < -0.4 is 9.62 Å². The van der Waals surface area contributed by atoms with E-state index in [2.05, 4.69) is 17.4 Å². The molecule has 5 nitrogen and oxygen atoms in total. The number of nitrogens with one attached hydrogen (secondary N) is 1. The Bertz CT molecular complexity index is 890. The van der Waals surface area contributed by atoms with Crippen molar-refractivity contribution in [2.75, 3.05) is 17.6 Å². The molecule has 2 rings (SSSR count). The highest BCUT2D eigenvalue weighted by atomic mass is 32.2. The number of aryl methyl sites for hydroxylation is 2. The van der Waals surface area contributed by atoms with Gasteiger partial charge in [-0.25, -0.2) is 8.42 Å². The third kappa shape index (κ3) is 4.64. The zero-order valence-electron chi connectivity index (χ0n) is 15.9. The van der Waals surface area contributed by atoms with Crippen molar-refractivity contribution in [2.24, 2.45) is 0 Å². The second-order valence-corrected chi connectivity index (χ2v) is 8.59. The van der Waals surface area contributed by atoms with E-state index in [9.17, 15) is 13.2 Å². The lowest BCUT2D eigenvalue weighted by atomic mass is 9.97. The molecular weight excluding hydrogens is 348 g/mol. The summed E-state index contributed by atoms with van der Waals surface area (Å²) < 4.78 is 24.4. The molecule has 140 valence electrons. The lowest BCUT2D eigenvalue weighted by Crippen LogP contribution is -2.29. The van der Waals surface area contributed by atoms with E-state index in [1.165, 1.54) is 16.9 Å². The van der Waals surface area contributed by atoms with Crippen molar-refractivity contribution in [1.29, 1.82) is 0 Å². The van der Waals surface area contributed by atoms with Gasteiger partial charge < -0.3 is 5.32 Å². The summed E-state index contributed by atoms with van der Waals surface area (Å²) in [5, 5.41) is 3.07. The van der Waals surface area contributed by atoms with Gasteiger partial charge in [-0.1, -0.05) is 30.7 Å². The highest BCUT2D eigenvalue weighted by Crippen LogP contribution is 2.23. The highest BCUT2D eigenvalue weighted by molar-refractivity contribution is 7.92. The molecule has 2 aromatic rings. The van der Waals surface area contributed by atoms with Crippen LogP contribution in [0.5, 0.6) is 0 Å². The van der Waals surface area contributed by atoms with E-state index in [4.69, 9.17) is 0 Å². The molecule has 0 bridgehead atoms. The molecule has 0 radical (unpaired) electrons. The number of nitrogens with zero attached hydrogens (tertiary/aromatic N) is 1. The molecular formula is C20H26N2O3S. The van der Waals surface area contributed by atoms with Gasteiger partial charge in [0.05, 0.1) is 18.0 Å². The molecule has 26 heavy (non-hydrogen) atoms. The number of anilines is 1. The summed E-state index contributed by atoms with van der Waals surface area (Å²) in [5.74, 6) is -0.176. The molecule has 1 N–H and O–H groups in total. The van der Waals surface area contributed by atoms with Crippen LogP contribution in [0.1, 0.15) is 46.4 Å². The summed E-state index contributed by atoms with van der Waals surface area (Å²) in [6.07, 6.45) is 1.92. The van der Waals surface area contributed by atoms with Crippen LogP contribution in [0.3, 0.4) is 0 Å². The SMILES string of the molecule is CC[C@@H](NC(=O)c1ccc(N(C)S(C)(=O)=O)cc1)c1ccc(C)cc1C. The predicted molar refractivity (Wildman–Crippen MR) is 106 cm³/mol. The molecule has 0 unspecified atom stereocenters. The molecule has 0 aliphatic carbocycles. The Hall–Kier alpha value is -2.34. The van der Waals surface area contributed by atoms with E-state index in [0.29, 0.717) is 11.3 Å². The number of hydrogen-bond donors (Lipinski definition) is 1. The summed E-state index contributed by atoms with van der Waals surface area (Å²) in [4.78, 5) is 12.6. The monoisotopic (exact) mass is 374 g/mol. The second kappa shape index (κ2) is 7.91. The highest BCUT2D eigenvalue weighted by Gasteiger charge is 2.17. The number of carbonyl (C=O) groups excluding carboxylic acids is 1. The Labute approximate surface area is 156 Å². The molecule has 0 aromatic heterocycles. The summed E-state index contributed by atoms with van der Waals surface area (Å²) in [6, 6.07) is 12.7. The average molecular weight is 375 g/mol. The fourth-order valence-corrected chi connectivity index (χ4v) is 3.38. The largest absolute Gasteiger partial charge is 0.345 e. The van der Waals surface area contributed by atoms with Crippen molar-refractivity contribution < 1.29 is 13.2 Å². The average Bonchev–Trinajstić information content (AvgIpc) is 2.58. The fraction of sp³-hybridized carbons (Fsp3) is 0.350. The normalized spacial score (nSPS) is 12.5. The first-order chi connectivity index (χ1) is 12.1. The fourth-order valence-electron chi connectivity index (χ4n) is 2.87. The Morgan fingerprint density at radius 2 is 1.73 bits per heavy atom. The maximum absolute atomic E-state index is 12.6. The first kappa shape index (κ1) is 20.0. The van der Waals surface area contributed by atoms with Gasteiger partial charge in [-0.05, 0) is 55.7 Å². The van der Waals surface area contributed by atoms with Gasteiger partial charge in [0.2, 0.25) is 10.0 Å². The molecule has 0 saturated heterocycles. The molecule has 0 spiro atoms. The third-order valence-corrected chi connectivity index (χ3v) is 5.71. The van der Waals surface area contributed by atoms with Crippen LogP contribution >= 0.6 is 0 Å². The maximum atomic E-state index is 12.6. The van der Waals surface area contributed by atoms with E-state index < -0.39 is 10.0 Å². The zero-order valence-corrected chi connectivity index (χ0v) is 16.7. The van der Waals surface area contributed by atoms with E-state index >= 15 is 0 Å². The Morgan fingerprint density at radius 3 is 2.23 bits per heavy atom. The van der Waals surface area contributed by atoms with Crippen molar-refractivity contribution in [3.8, 4) is 0 Å². The number of rotatable bonds is 6.